The molecule has 0 radical (unpaired) electrons. The number of hydrogen-bond acceptors (Lipinski definition) is 4. The Morgan fingerprint density at radius 1 is 0.905 bits per heavy atom. The fraction of sp³-hybridized carbons (Fsp3) is 1.00. The van der Waals surface area contributed by atoms with Gasteiger partial charge in [0.05, 0.1) is 4.05 Å². The summed E-state index contributed by atoms with van der Waals surface area (Å²) in [6.45, 7) is 10.2. The van der Waals surface area contributed by atoms with E-state index in [9.17, 15) is 0 Å². The van der Waals surface area contributed by atoms with E-state index in [1.807, 2.05) is 0 Å². The highest BCUT2D eigenvalue weighted by atomic mass is 127. The van der Waals surface area contributed by atoms with E-state index in [1.165, 1.54) is 78.0 Å². The van der Waals surface area contributed by atoms with Gasteiger partial charge in [-0.3, -0.25) is 9.80 Å². The Kier molecular flexibility index (Phi) is 6.18. The van der Waals surface area contributed by atoms with Crippen molar-refractivity contribution in [1.82, 2.24) is 20.0 Å². The lowest BCUT2D eigenvalue weighted by Gasteiger charge is -2.39. The summed E-state index contributed by atoms with van der Waals surface area (Å²) >= 11 is 2.60. The molecule has 0 aliphatic carbocycles. The molecule has 4 nitrogen and oxygen atoms in total. The summed E-state index contributed by atoms with van der Waals surface area (Å²) in [5.74, 6) is 0.943. The van der Waals surface area contributed by atoms with Crippen LogP contribution in [-0.2, 0) is 0 Å². The van der Waals surface area contributed by atoms with Gasteiger partial charge in [0.25, 0.3) is 0 Å². The summed E-state index contributed by atoms with van der Waals surface area (Å²) in [4.78, 5) is 8.00. The van der Waals surface area contributed by atoms with Gasteiger partial charge in [-0.05, 0) is 51.7 Å². The van der Waals surface area contributed by atoms with E-state index in [4.69, 9.17) is 0 Å². The van der Waals surface area contributed by atoms with Crippen LogP contribution in [0.5, 0.6) is 0 Å². The third-order valence-corrected chi connectivity index (χ3v) is 7.17. The van der Waals surface area contributed by atoms with Gasteiger partial charge >= 0.3 is 0 Å². The first-order chi connectivity index (χ1) is 10.2. The summed E-state index contributed by atoms with van der Waals surface area (Å²) < 4.78 is 0.758. The number of hydrogen-bond donors (Lipinski definition) is 1. The molecule has 1 N–H and O–H groups in total. The third-order valence-electron chi connectivity index (χ3n) is 5.66. The molecule has 3 saturated heterocycles. The summed E-state index contributed by atoms with van der Waals surface area (Å²) in [7, 11) is 2.31. The second-order valence-electron chi connectivity index (χ2n) is 7.13. The van der Waals surface area contributed by atoms with Gasteiger partial charge in [-0.15, -0.1) is 0 Å². The van der Waals surface area contributed by atoms with Crippen LogP contribution in [0.1, 0.15) is 25.7 Å². The van der Waals surface area contributed by atoms with Crippen LogP contribution in [0.2, 0.25) is 0 Å². The molecule has 2 atom stereocenters. The van der Waals surface area contributed by atoms with Gasteiger partial charge in [0.2, 0.25) is 0 Å². The Morgan fingerprint density at radius 2 is 1.52 bits per heavy atom. The molecule has 3 aliphatic rings. The Morgan fingerprint density at radius 3 is 2.10 bits per heavy atom. The molecule has 0 aromatic carbocycles. The van der Waals surface area contributed by atoms with E-state index < -0.39 is 0 Å². The van der Waals surface area contributed by atoms with Crippen molar-refractivity contribution in [2.75, 3.05) is 59.4 Å². The Bertz CT molecular complexity index is 313. The monoisotopic (exact) mass is 406 g/mol. The van der Waals surface area contributed by atoms with Crippen LogP contribution in [0.3, 0.4) is 0 Å². The number of rotatable bonds is 4. The predicted octanol–water partition coefficient (Wildman–Crippen LogP) is 1.46. The van der Waals surface area contributed by atoms with Crippen molar-refractivity contribution < 1.29 is 0 Å². The van der Waals surface area contributed by atoms with Crippen molar-refractivity contribution in [2.24, 2.45) is 5.92 Å². The molecule has 3 rings (SSSR count). The molecular weight excluding hydrogens is 375 g/mol. The second-order valence-corrected chi connectivity index (χ2v) is 8.56. The van der Waals surface area contributed by atoms with Crippen molar-refractivity contribution in [2.45, 2.75) is 35.8 Å². The fourth-order valence-electron chi connectivity index (χ4n) is 4.07. The Balaban J connectivity index is 1.37. The minimum Gasteiger partial charge on any atom is -0.317 e. The number of likely N-dealkylation sites (N-methyl/N-ethyl adjacent to an activating group) is 1. The van der Waals surface area contributed by atoms with Gasteiger partial charge in [-0.25, -0.2) is 0 Å². The van der Waals surface area contributed by atoms with Gasteiger partial charge in [0.1, 0.15) is 0 Å². The molecule has 3 aliphatic heterocycles. The standard InChI is InChI=1S/C16H31IN4/c1-19-15(2-3-16(19)17)13-21-10-8-20(9-11-21)12-14-4-6-18-7-5-14/h14-16,18H,2-13H2,1H3/t15-,16+/m1/s1. The zero-order valence-corrected chi connectivity index (χ0v) is 15.6. The van der Waals surface area contributed by atoms with Crippen LogP contribution in [-0.4, -0.2) is 84.2 Å². The van der Waals surface area contributed by atoms with Crippen LogP contribution in [0.15, 0.2) is 0 Å². The smallest absolute Gasteiger partial charge is 0.0619 e. The molecule has 21 heavy (non-hydrogen) atoms. The van der Waals surface area contributed by atoms with Crippen molar-refractivity contribution in [1.29, 1.82) is 0 Å². The minimum atomic E-state index is 0.758. The highest BCUT2D eigenvalue weighted by Crippen LogP contribution is 2.27. The minimum absolute atomic E-state index is 0.758. The topological polar surface area (TPSA) is 21.8 Å². The third kappa shape index (κ3) is 4.53. The fourth-order valence-corrected chi connectivity index (χ4v) is 4.88. The zero-order valence-electron chi connectivity index (χ0n) is 13.4. The highest BCUT2D eigenvalue weighted by Gasteiger charge is 2.30. The first kappa shape index (κ1) is 16.4. The Labute approximate surface area is 143 Å². The van der Waals surface area contributed by atoms with Crippen LogP contribution in [0.25, 0.3) is 0 Å². The summed E-state index contributed by atoms with van der Waals surface area (Å²) in [5.41, 5.74) is 0. The van der Waals surface area contributed by atoms with Crippen molar-refractivity contribution in [3.8, 4) is 0 Å². The maximum atomic E-state index is 3.48. The predicted molar refractivity (Wildman–Crippen MR) is 97.1 cm³/mol. The first-order valence-electron chi connectivity index (χ1n) is 8.74. The molecule has 0 saturated carbocycles. The van der Waals surface area contributed by atoms with Crippen molar-refractivity contribution in [3.63, 3.8) is 0 Å². The van der Waals surface area contributed by atoms with E-state index >= 15 is 0 Å². The number of halogens is 1. The first-order valence-corrected chi connectivity index (χ1v) is 9.98. The molecule has 3 heterocycles. The molecule has 0 unspecified atom stereocenters. The number of nitrogens with zero attached hydrogens (tertiary/aromatic N) is 3. The molecule has 5 heteroatoms. The summed E-state index contributed by atoms with van der Waals surface area (Å²) in [6.07, 6.45) is 5.52. The van der Waals surface area contributed by atoms with E-state index in [1.54, 1.807) is 0 Å². The normalized spacial score (nSPS) is 34.6. The number of nitrogens with one attached hydrogen (secondary N) is 1. The largest absolute Gasteiger partial charge is 0.317 e. The number of likely N-dealkylation sites (tertiary alicyclic amines) is 1. The van der Waals surface area contributed by atoms with E-state index in [-0.39, 0.29) is 0 Å². The zero-order chi connectivity index (χ0) is 14.7. The molecular formula is C16H31IN4. The number of alkyl halides is 1. The lowest BCUT2D eigenvalue weighted by atomic mass is 9.97. The molecule has 0 aromatic heterocycles. The van der Waals surface area contributed by atoms with Crippen molar-refractivity contribution >= 4 is 22.6 Å². The molecule has 0 spiro atoms. The quantitative estimate of drug-likeness (QED) is 0.434. The molecule has 0 bridgehead atoms. The average Bonchev–Trinajstić information content (AvgIpc) is 2.82. The van der Waals surface area contributed by atoms with E-state index in [0.29, 0.717) is 0 Å². The number of piperazine rings is 1. The average molecular weight is 406 g/mol. The summed E-state index contributed by atoms with van der Waals surface area (Å²) in [5, 5.41) is 3.48. The van der Waals surface area contributed by atoms with Crippen LogP contribution >= 0.6 is 22.6 Å². The van der Waals surface area contributed by atoms with Crippen LogP contribution in [0.4, 0.5) is 0 Å². The maximum absolute atomic E-state index is 3.48. The lowest BCUT2D eigenvalue weighted by molar-refractivity contribution is 0.0935. The molecule has 0 aromatic rings. The summed E-state index contributed by atoms with van der Waals surface area (Å²) in [6, 6.07) is 0.794. The van der Waals surface area contributed by atoms with Gasteiger partial charge < -0.3 is 10.2 Å². The van der Waals surface area contributed by atoms with Crippen LogP contribution < -0.4 is 5.32 Å². The van der Waals surface area contributed by atoms with Gasteiger partial charge in [0.15, 0.2) is 0 Å². The van der Waals surface area contributed by atoms with E-state index in [2.05, 4.69) is 49.7 Å². The second kappa shape index (κ2) is 7.90. The molecule has 122 valence electrons. The van der Waals surface area contributed by atoms with Crippen molar-refractivity contribution in [3.05, 3.63) is 0 Å². The SMILES string of the molecule is CN1[C@@H](CN2CCN(CC3CCNCC3)CC2)CC[C@H]1I. The lowest BCUT2D eigenvalue weighted by Crippen LogP contribution is -2.51. The van der Waals surface area contributed by atoms with Gasteiger partial charge in [0, 0.05) is 45.3 Å². The van der Waals surface area contributed by atoms with E-state index in [0.717, 1.165) is 16.0 Å². The van der Waals surface area contributed by atoms with Gasteiger partial charge in [-0.2, -0.15) is 0 Å². The van der Waals surface area contributed by atoms with Crippen LogP contribution in [0, 0.1) is 5.92 Å². The molecule has 3 fully saturated rings. The highest BCUT2D eigenvalue weighted by molar-refractivity contribution is 14.1. The van der Waals surface area contributed by atoms with Gasteiger partial charge in [-0.1, -0.05) is 22.6 Å². The molecule has 0 amide bonds. The Hall–Kier alpha value is 0.570. The number of piperidine rings is 1. The maximum Gasteiger partial charge on any atom is 0.0619 e.